The van der Waals surface area contributed by atoms with Gasteiger partial charge >= 0.3 is 0 Å². The van der Waals surface area contributed by atoms with Crippen LogP contribution in [0.25, 0.3) is 0 Å². The number of phenolic OH excluding ortho intramolecular Hbond substituents is 1. The van der Waals surface area contributed by atoms with Gasteiger partial charge in [-0.25, -0.2) is 0 Å². The Kier molecular flexibility index (Phi) is 5.25. The molecule has 1 aliphatic rings. The lowest BCUT2D eigenvalue weighted by Gasteiger charge is -2.25. The number of likely N-dealkylation sites (tertiary alicyclic amines) is 1. The molecule has 1 N–H and O–H groups in total. The Morgan fingerprint density at radius 1 is 1.42 bits per heavy atom. The van der Waals surface area contributed by atoms with Crippen LogP contribution in [0.2, 0.25) is 0 Å². The summed E-state index contributed by atoms with van der Waals surface area (Å²) in [5, 5.41) is 14.0. The molecule has 1 saturated heterocycles. The average molecular weight is 357 g/mol. The molecule has 1 amide bonds. The van der Waals surface area contributed by atoms with E-state index in [0.29, 0.717) is 24.3 Å². The number of benzene rings is 1. The van der Waals surface area contributed by atoms with Crippen LogP contribution in [0.15, 0.2) is 30.5 Å². The van der Waals surface area contributed by atoms with Gasteiger partial charge in [-0.2, -0.15) is 5.10 Å². The summed E-state index contributed by atoms with van der Waals surface area (Å²) in [6.07, 6.45) is 3.94. The number of rotatable bonds is 6. The molecule has 2 aromatic rings. The number of carbonyl (C=O) groups is 2. The molecule has 138 valence electrons. The van der Waals surface area contributed by atoms with Crippen molar-refractivity contribution in [2.24, 2.45) is 0 Å². The van der Waals surface area contributed by atoms with E-state index in [4.69, 9.17) is 4.74 Å². The van der Waals surface area contributed by atoms with E-state index in [9.17, 15) is 14.7 Å². The molecule has 0 radical (unpaired) electrons. The van der Waals surface area contributed by atoms with Gasteiger partial charge in [0.05, 0.1) is 11.6 Å². The number of hydrogen-bond donors (Lipinski definition) is 1. The first-order chi connectivity index (χ1) is 12.5. The Balaban J connectivity index is 1.73. The maximum absolute atomic E-state index is 12.9. The van der Waals surface area contributed by atoms with Crippen molar-refractivity contribution in [3.8, 4) is 11.5 Å². The molecule has 0 saturated carbocycles. The molecular formula is C19H23N3O4. The van der Waals surface area contributed by atoms with E-state index in [0.717, 1.165) is 12.8 Å². The van der Waals surface area contributed by atoms with Gasteiger partial charge in [0, 0.05) is 18.8 Å². The molecule has 0 unspecified atom stereocenters. The highest BCUT2D eigenvalue weighted by atomic mass is 16.5. The van der Waals surface area contributed by atoms with Gasteiger partial charge in [-0.05, 0) is 44.9 Å². The number of nitrogens with zero attached hydrogens (tertiary/aromatic N) is 3. The molecule has 1 atom stereocenters. The van der Waals surface area contributed by atoms with Crippen molar-refractivity contribution >= 4 is 12.2 Å². The predicted octanol–water partition coefficient (Wildman–Crippen LogP) is 2.67. The van der Waals surface area contributed by atoms with Crippen LogP contribution in [0, 0.1) is 0 Å². The molecule has 1 aromatic carbocycles. The second kappa shape index (κ2) is 7.59. The Morgan fingerprint density at radius 3 is 2.96 bits per heavy atom. The number of phenols is 1. The highest BCUT2D eigenvalue weighted by molar-refractivity contribution is 5.93. The zero-order valence-corrected chi connectivity index (χ0v) is 15.0. The van der Waals surface area contributed by atoms with Gasteiger partial charge in [-0.3, -0.25) is 14.3 Å². The predicted molar refractivity (Wildman–Crippen MR) is 95.7 cm³/mol. The molecule has 7 heteroatoms. The van der Waals surface area contributed by atoms with E-state index in [2.05, 4.69) is 5.10 Å². The summed E-state index contributed by atoms with van der Waals surface area (Å²) < 4.78 is 7.48. The Labute approximate surface area is 152 Å². The summed E-state index contributed by atoms with van der Waals surface area (Å²) in [6.45, 7) is 4.90. The van der Waals surface area contributed by atoms with Crippen LogP contribution in [-0.2, 0) is 0 Å². The van der Waals surface area contributed by atoms with Gasteiger partial charge < -0.3 is 14.7 Å². The normalized spacial score (nSPS) is 16.9. The number of carbonyl (C=O) groups excluding carboxylic acids is 2. The van der Waals surface area contributed by atoms with Crippen LogP contribution in [0.1, 0.15) is 53.6 Å². The number of aldehydes is 1. The summed E-state index contributed by atoms with van der Waals surface area (Å²) >= 11 is 0. The highest BCUT2D eigenvalue weighted by Crippen LogP contribution is 2.27. The fourth-order valence-corrected chi connectivity index (χ4v) is 3.28. The number of hydrogen-bond acceptors (Lipinski definition) is 5. The quantitative estimate of drug-likeness (QED) is 0.804. The number of ether oxygens (including phenoxy) is 1. The zero-order chi connectivity index (χ0) is 18.7. The van der Waals surface area contributed by atoms with E-state index in [-0.39, 0.29) is 35.9 Å². The van der Waals surface area contributed by atoms with Gasteiger partial charge in [0.15, 0.2) is 6.29 Å². The molecule has 2 heterocycles. The Bertz CT molecular complexity index is 800. The van der Waals surface area contributed by atoms with Gasteiger partial charge in [0.1, 0.15) is 23.8 Å². The highest BCUT2D eigenvalue weighted by Gasteiger charge is 2.32. The minimum atomic E-state index is -0.113. The Morgan fingerprint density at radius 2 is 2.23 bits per heavy atom. The van der Waals surface area contributed by atoms with E-state index in [1.807, 2.05) is 13.8 Å². The monoisotopic (exact) mass is 357 g/mol. The first-order valence-electron chi connectivity index (χ1n) is 8.77. The standard InChI is InChI=1S/C19H23N3O4/c1-13(2)22-16(8-9-20-22)19(25)21-10-4-5-14(21)12-26-18-7-3-6-17(24)15(18)11-23/h3,6-9,11,13-14,24H,4-5,10,12H2,1-2H3/t14-/m0/s1. The van der Waals surface area contributed by atoms with Crippen molar-refractivity contribution in [3.05, 3.63) is 41.7 Å². The van der Waals surface area contributed by atoms with Crippen LogP contribution < -0.4 is 4.74 Å². The minimum Gasteiger partial charge on any atom is -0.507 e. The average Bonchev–Trinajstić information content (AvgIpc) is 3.28. The fourth-order valence-electron chi connectivity index (χ4n) is 3.28. The zero-order valence-electron chi connectivity index (χ0n) is 15.0. The first-order valence-corrected chi connectivity index (χ1v) is 8.77. The molecule has 3 rings (SSSR count). The van der Waals surface area contributed by atoms with E-state index in [1.165, 1.54) is 6.07 Å². The van der Waals surface area contributed by atoms with Crippen molar-refractivity contribution < 1.29 is 19.4 Å². The summed E-state index contributed by atoms with van der Waals surface area (Å²) in [5.41, 5.74) is 0.694. The van der Waals surface area contributed by atoms with Crippen molar-refractivity contribution in [2.45, 2.75) is 38.8 Å². The second-order valence-electron chi connectivity index (χ2n) is 6.67. The third-order valence-electron chi connectivity index (χ3n) is 4.61. The summed E-state index contributed by atoms with van der Waals surface area (Å²) in [5.74, 6) is 0.151. The van der Waals surface area contributed by atoms with E-state index >= 15 is 0 Å². The van der Waals surface area contributed by atoms with Crippen molar-refractivity contribution in [1.82, 2.24) is 14.7 Å². The molecule has 1 fully saturated rings. The Hall–Kier alpha value is -2.83. The van der Waals surface area contributed by atoms with E-state index < -0.39 is 0 Å². The first kappa shape index (κ1) is 18.0. The van der Waals surface area contributed by atoms with Gasteiger partial charge in [0.2, 0.25) is 0 Å². The number of aromatic hydroxyl groups is 1. The van der Waals surface area contributed by atoms with Crippen LogP contribution in [0.3, 0.4) is 0 Å². The molecule has 0 spiro atoms. The minimum absolute atomic E-state index is 0.0613. The molecule has 1 aliphatic heterocycles. The summed E-state index contributed by atoms with van der Waals surface area (Å²) in [4.78, 5) is 25.9. The molecule has 0 bridgehead atoms. The molecule has 0 aliphatic carbocycles. The largest absolute Gasteiger partial charge is 0.507 e. The van der Waals surface area contributed by atoms with Gasteiger partial charge in [-0.1, -0.05) is 6.07 Å². The second-order valence-corrected chi connectivity index (χ2v) is 6.67. The smallest absolute Gasteiger partial charge is 0.272 e. The molecule has 26 heavy (non-hydrogen) atoms. The fraction of sp³-hybridized carbons (Fsp3) is 0.421. The third kappa shape index (κ3) is 3.42. The molecular weight excluding hydrogens is 334 g/mol. The maximum atomic E-state index is 12.9. The third-order valence-corrected chi connectivity index (χ3v) is 4.61. The molecule has 1 aromatic heterocycles. The maximum Gasteiger partial charge on any atom is 0.272 e. The van der Waals surface area contributed by atoms with Crippen LogP contribution in [0.5, 0.6) is 11.5 Å². The lowest BCUT2D eigenvalue weighted by Crippen LogP contribution is -2.40. The van der Waals surface area contributed by atoms with E-state index in [1.54, 1.807) is 34.0 Å². The topological polar surface area (TPSA) is 84.7 Å². The van der Waals surface area contributed by atoms with Crippen LogP contribution >= 0.6 is 0 Å². The van der Waals surface area contributed by atoms with Gasteiger partial charge in [0.25, 0.3) is 5.91 Å². The lowest BCUT2D eigenvalue weighted by atomic mass is 10.2. The summed E-state index contributed by atoms with van der Waals surface area (Å²) in [6, 6.07) is 6.45. The van der Waals surface area contributed by atoms with Crippen molar-refractivity contribution in [1.29, 1.82) is 0 Å². The SMILES string of the molecule is CC(C)n1nccc1C(=O)N1CCC[C@H]1COc1cccc(O)c1C=O. The van der Waals surface area contributed by atoms with Crippen molar-refractivity contribution in [2.75, 3.05) is 13.2 Å². The molecule has 7 nitrogen and oxygen atoms in total. The summed E-state index contributed by atoms with van der Waals surface area (Å²) in [7, 11) is 0. The van der Waals surface area contributed by atoms with Crippen LogP contribution in [0.4, 0.5) is 0 Å². The lowest BCUT2D eigenvalue weighted by molar-refractivity contribution is 0.0675. The number of amides is 1. The number of aromatic nitrogens is 2. The van der Waals surface area contributed by atoms with Crippen molar-refractivity contribution in [3.63, 3.8) is 0 Å². The van der Waals surface area contributed by atoms with Crippen LogP contribution in [-0.4, -0.2) is 51.2 Å². The van der Waals surface area contributed by atoms with Gasteiger partial charge in [-0.15, -0.1) is 0 Å².